The lowest BCUT2D eigenvalue weighted by Gasteiger charge is -2.22. The van der Waals surface area contributed by atoms with Crippen molar-refractivity contribution in [2.75, 3.05) is 10.6 Å². The summed E-state index contributed by atoms with van der Waals surface area (Å²) >= 11 is 0. The second kappa shape index (κ2) is 21.1. The largest absolute Gasteiger partial charge is 0.481 e. The van der Waals surface area contributed by atoms with E-state index in [0.717, 1.165) is 18.5 Å². The summed E-state index contributed by atoms with van der Waals surface area (Å²) in [4.78, 5) is 32.9. The lowest BCUT2D eigenvalue weighted by molar-refractivity contribution is -0.134. The van der Waals surface area contributed by atoms with Crippen molar-refractivity contribution < 1.29 is 23.1 Å². The Hall–Kier alpha value is -5.14. The van der Waals surface area contributed by atoms with Crippen molar-refractivity contribution in [3.05, 3.63) is 91.5 Å². The third kappa shape index (κ3) is 12.4. The predicted molar refractivity (Wildman–Crippen MR) is 201 cm³/mol. The van der Waals surface area contributed by atoms with Gasteiger partial charge in [-0.3, -0.25) is 9.59 Å². The van der Waals surface area contributed by atoms with E-state index in [4.69, 9.17) is 15.6 Å². The fraction of sp³-hybridized carbons (Fsp3) is 0.324. The zero-order valence-corrected chi connectivity index (χ0v) is 30.4. The quantitative estimate of drug-likeness (QED) is 0.123. The average molecular weight is 704 g/mol. The second-order valence-corrected chi connectivity index (χ2v) is 12.7. The minimum atomic E-state index is -3.76. The molecule has 1 aliphatic carbocycles. The molecule has 13 heteroatoms. The molecule has 268 valence electrons. The van der Waals surface area contributed by atoms with Crippen LogP contribution in [0, 0.1) is 5.92 Å². The van der Waals surface area contributed by atoms with E-state index >= 15 is 0 Å². The summed E-state index contributed by atoms with van der Waals surface area (Å²) in [6.07, 6.45) is 10.4. The molecule has 5 aromatic rings. The molecule has 0 saturated heterocycles. The van der Waals surface area contributed by atoms with E-state index in [1.54, 1.807) is 60.8 Å². The van der Waals surface area contributed by atoms with E-state index in [1.807, 2.05) is 45.9 Å². The highest BCUT2D eigenvalue weighted by atomic mass is 32.2. The van der Waals surface area contributed by atoms with Crippen molar-refractivity contribution in [1.82, 2.24) is 18.9 Å². The van der Waals surface area contributed by atoms with Crippen LogP contribution in [0.25, 0.3) is 22.3 Å². The molecule has 5 N–H and O–H groups in total. The highest BCUT2D eigenvalue weighted by Gasteiger charge is 2.20. The Labute approximate surface area is 295 Å². The number of carboxylic acids is 1. The maximum absolute atomic E-state index is 13.0. The van der Waals surface area contributed by atoms with E-state index in [0.29, 0.717) is 46.2 Å². The topological polar surface area (TPSA) is 182 Å². The van der Waals surface area contributed by atoms with Crippen molar-refractivity contribution in [1.29, 1.82) is 0 Å². The van der Waals surface area contributed by atoms with Gasteiger partial charge < -0.3 is 21.5 Å². The van der Waals surface area contributed by atoms with Crippen molar-refractivity contribution in [2.24, 2.45) is 11.7 Å². The molecule has 0 radical (unpaired) electrons. The van der Waals surface area contributed by atoms with Crippen LogP contribution in [0.1, 0.15) is 67.2 Å². The van der Waals surface area contributed by atoms with Crippen LogP contribution < -0.4 is 16.4 Å². The lowest BCUT2D eigenvalue weighted by atomic mass is 9.88. The second-order valence-electron chi connectivity index (χ2n) is 10.9. The van der Waals surface area contributed by atoms with Crippen LogP contribution in [0.5, 0.6) is 0 Å². The minimum absolute atomic E-state index is 0.192. The fourth-order valence-electron chi connectivity index (χ4n) is 5.01. The standard InChI is InChI=1S/C24H18N6O3S.C7H15N.C2H4O2.2C2H6/c31-16-28-19-5-4-6-20(12-19)29-23-13-22(26-15-27-23)18-11-17-9-10-30(24(17)25-14-18)34(32,33)21-7-2-1-3-8-21;1-6-3-2-4-7(8)5-6;1-2(3)4;2*1-2/h1-16H,(H,28,31)(H,26,27,29);6-7H,2-5,8H2,1H3;1H3,(H,3,4);2*1-2H3. The summed E-state index contributed by atoms with van der Waals surface area (Å²) in [6.45, 7) is 11.4. The Kier molecular flexibility index (Phi) is 17.3. The number of amides is 1. The van der Waals surface area contributed by atoms with Gasteiger partial charge in [0.2, 0.25) is 6.41 Å². The monoisotopic (exact) mass is 703 g/mol. The van der Waals surface area contributed by atoms with Crippen LogP contribution in [0.2, 0.25) is 0 Å². The Balaban J connectivity index is 0.000000454. The van der Waals surface area contributed by atoms with Crippen molar-refractivity contribution in [2.45, 2.75) is 78.2 Å². The summed E-state index contributed by atoms with van der Waals surface area (Å²) in [7, 11) is -3.76. The molecule has 1 fully saturated rings. The number of aromatic nitrogens is 4. The first kappa shape index (κ1) is 41.0. The van der Waals surface area contributed by atoms with Crippen LogP contribution in [-0.2, 0) is 19.6 Å². The number of anilines is 3. The Morgan fingerprint density at radius 2 is 1.62 bits per heavy atom. The highest BCUT2D eigenvalue weighted by molar-refractivity contribution is 7.90. The molecule has 50 heavy (non-hydrogen) atoms. The average Bonchev–Trinajstić information content (AvgIpc) is 3.55. The predicted octanol–water partition coefficient (Wildman–Crippen LogP) is 7.71. The van der Waals surface area contributed by atoms with Gasteiger partial charge in [0.15, 0.2) is 5.65 Å². The van der Waals surface area contributed by atoms with Gasteiger partial charge in [0.05, 0.1) is 10.6 Å². The Morgan fingerprint density at radius 3 is 2.24 bits per heavy atom. The number of rotatable bonds is 7. The molecular formula is C37H49N7O5S. The smallest absolute Gasteiger partial charge is 0.300 e. The molecule has 12 nitrogen and oxygen atoms in total. The SMILES string of the molecule is CC.CC.CC(=O)O.CC1CCCC(N)C1.O=CNc1cccc(Nc2cc(-c3cnc4c(ccn4S(=O)(=O)c4ccccc4)c3)ncn2)c1. The molecule has 2 unspecified atom stereocenters. The van der Waals surface area contributed by atoms with Gasteiger partial charge >= 0.3 is 0 Å². The van der Waals surface area contributed by atoms with E-state index in [2.05, 4.69) is 32.5 Å². The highest BCUT2D eigenvalue weighted by Crippen LogP contribution is 2.27. The number of hydrogen-bond acceptors (Lipinski definition) is 9. The zero-order chi connectivity index (χ0) is 37.1. The zero-order valence-electron chi connectivity index (χ0n) is 29.6. The number of carbonyl (C=O) groups excluding carboxylic acids is 1. The van der Waals surface area contributed by atoms with Crippen molar-refractivity contribution in [3.8, 4) is 11.3 Å². The normalized spacial score (nSPS) is 14.8. The molecule has 0 bridgehead atoms. The third-order valence-corrected chi connectivity index (χ3v) is 8.77. The molecule has 6 rings (SSSR count). The van der Waals surface area contributed by atoms with Crippen LogP contribution >= 0.6 is 0 Å². The van der Waals surface area contributed by atoms with Crippen LogP contribution in [-0.4, -0.2) is 50.9 Å². The Bertz CT molecular complexity index is 1870. The van der Waals surface area contributed by atoms with Gasteiger partial charge in [-0.2, -0.15) is 0 Å². The number of nitrogens with zero attached hydrogens (tertiary/aromatic N) is 4. The number of nitrogens with two attached hydrogens (primary N) is 1. The van der Waals surface area contributed by atoms with Crippen LogP contribution in [0.3, 0.4) is 0 Å². The van der Waals surface area contributed by atoms with Gasteiger partial charge in [0.25, 0.3) is 16.0 Å². The summed E-state index contributed by atoms with van der Waals surface area (Å²) in [6, 6.07) is 21.3. The van der Waals surface area contributed by atoms with Crippen LogP contribution in [0.15, 0.2) is 96.4 Å². The molecular weight excluding hydrogens is 655 g/mol. The number of nitrogens with one attached hydrogen (secondary N) is 2. The summed E-state index contributed by atoms with van der Waals surface area (Å²) in [5.74, 6) is 0.608. The molecule has 1 saturated carbocycles. The van der Waals surface area contributed by atoms with Gasteiger partial charge in [-0.25, -0.2) is 27.3 Å². The van der Waals surface area contributed by atoms with E-state index in [-0.39, 0.29) is 4.90 Å². The molecule has 1 aliphatic rings. The molecule has 1 amide bonds. The molecule has 2 atom stereocenters. The van der Waals surface area contributed by atoms with Crippen LogP contribution in [0.4, 0.5) is 17.2 Å². The number of aliphatic carboxylic acids is 1. The van der Waals surface area contributed by atoms with Gasteiger partial charge in [0.1, 0.15) is 12.1 Å². The molecule has 0 aliphatic heterocycles. The lowest BCUT2D eigenvalue weighted by Crippen LogP contribution is -2.26. The maximum Gasteiger partial charge on any atom is 0.300 e. The summed E-state index contributed by atoms with van der Waals surface area (Å²) in [5.41, 5.74) is 8.78. The molecule has 0 spiro atoms. The third-order valence-electron chi connectivity index (χ3n) is 7.09. The summed E-state index contributed by atoms with van der Waals surface area (Å²) < 4.78 is 27.2. The van der Waals surface area contributed by atoms with E-state index < -0.39 is 16.0 Å². The number of pyridine rings is 1. The first-order valence-corrected chi connectivity index (χ1v) is 18.1. The van der Waals surface area contributed by atoms with E-state index in [9.17, 15) is 13.2 Å². The Morgan fingerprint density at radius 1 is 0.940 bits per heavy atom. The van der Waals surface area contributed by atoms with Crippen molar-refractivity contribution >= 4 is 50.6 Å². The maximum atomic E-state index is 13.0. The van der Waals surface area contributed by atoms with Gasteiger partial charge in [-0.15, -0.1) is 0 Å². The van der Waals surface area contributed by atoms with Gasteiger partial charge in [-0.1, -0.05) is 71.7 Å². The summed E-state index contributed by atoms with van der Waals surface area (Å²) in [5, 5.41) is 13.9. The molecule has 3 heterocycles. The van der Waals surface area contributed by atoms with E-state index in [1.165, 1.54) is 42.2 Å². The molecule has 2 aromatic carbocycles. The number of carbonyl (C=O) groups is 2. The number of fused-ring (bicyclic) bond motifs is 1. The molecule has 3 aromatic heterocycles. The fourth-order valence-corrected chi connectivity index (χ4v) is 6.34. The van der Waals surface area contributed by atoms with Gasteiger partial charge in [0, 0.05) is 53.8 Å². The first-order valence-electron chi connectivity index (χ1n) is 16.7. The minimum Gasteiger partial charge on any atom is -0.481 e. The number of hydrogen-bond donors (Lipinski definition) is 4. The number of benzene rings is 2. The number of carboxylic acid groups (broad SMARTS) is 1. The first-order chi connectivity index (χ1) is 24.1. The van der Waals surface area contributed by atoms with Crippen molar-refractivity contribution in [3.63, 3.8) is 0 Å². The van der Waals surface area contributed by atoms with Gasteiger partial charge in [-0.05, 0) is 61.2 Å².